The van der Waals surface area contributed by atoms with Crippen molar-refractivity contribution in [1.29, 1.82) is 0 Å². The lowest BCUT2D eigenvalue weighted by molar-refractivity contribution is 0.374. The topological polar surface area (TPSA) is 47.9 Å². The average Bonchev–Trinajstić information content (AvgIpc) is 3.57. The zero-order valence-corrected chi connectivity index (χ0v) is 31.0. The number of allylic oxidation sites excluding steroid dienone is 5. The quantitative estimate of drug-likeness (QED) is 0.181. The fourth-order valence-electron chi connectivity index (χ4n) is 10.0. The molecule has 0 fully saturated rings. The SMILES string of the molecule is C1=CC2c3ccccc3C3(c4ccccc4Oc4cc(-c5cccc(-c6nc(-c7ccccc7)nc(-c7cc8c9c(cccc9c7)CC=C8)n6)c5)ccc43)C2C=C1. The molecular formula is C53H35N3O. The summed E-state index contributed by atoms with van der Waals surface area (Å²) in [4.78, 5) is 15.3. The van der Waals surface area contributed by atoms with Crippen LogP contribution in [0.3, 0.4) is 0 Å². The maximum atomic E-state index is 6.85. The number of fused-ring (bicyclic) bond motifs is 9. The predicted octanol–water partition coefficient (Wildman–Crippen LogP) is 12.5. The van der Waals surface area contributed by atoms with Gasteiger partial charge in [-0.15, -0.1) is 0 Å². The van der Waals surface area contributed by atoms with Crippen LogP contribution in [0.4, 0.5) is 0 Å². The predicted molar refractivity (Wildman–Crippen MR) is 229 cm³/mol. The van der Waals surface area contributed by atoms with Crippen molar-refractivity contribution in [3.05, 3.63) is 215 Å². The Morgan fingerprint density at radius 2 is 1.21 bits per heavy atom. The molecule has 57 heavy (non-hydrogen) atoms. The molecule has 4 aliphatic rings. The number of para-hydroxylation sites is 1. The molecule has 0 N–H and O–H groups in total. The van der Waals surface area contributed by atoms with Gasteiger partial charge in [-0.05, 0) is 80.9 Å². The molecule has 1 spiro atoms. The van der Waals surface area contributed by atoms with Gasteiger partial charge >= 0.3 is 0 Å². The van der Waals surface area contributed by atoms with Gasteiger partial charge in [0.25, 0.3) is 0 Å². The molecule has 4 heteroatoms. The van der Waals surface area contributed by atoms with Gasteiger partial charge in [-0.1, -0.05) is 158 Å². The van der Waals surface area contributed by atoms with Gasteiger partial charge in [-0.25, -0.2) is 15.0 Å². The van der Waals surface area contributed by atoms with Crippen molar-refractivity contribution in [1.82, 2.24) is 15.0 Å². The number of nitrogens with zero attached hydrogens (tertiary/aromatic N) is 3. The van der Waals surface area contributed by atoms with Crippen LogP contribution in [0.25, 0.3) is 62.1 Å². The summed E-state index contributed by atoms with van der Waals surface area (Å²) in [7, 11) is 0. The number of aromatic nitrogens is 3. The van der Waals surface area contributed by atoms with Crippen LogP contribution in [0.1, 0.15) is 39.3 Å². The Morgan fingerprint density at radius 3 is 2.12 bits per heavy atom. The second-order valence-electron chi connectivity index (χ2n) is 15.5. The van der Waals surface area contributed by atoms with E-state index in [-0.39, 0.29) is 11.3 Å². The molecule has 268 valence electrons. The highest BCUT2D eigenvalue weighted by atomic mass is 16.5. The highest BCUT2D eigenvalue weighted by Gasteiger charge is 2.56. The van der Waals surface area contributed by atoms with E-state index in [4.69, 9.17) is 19.7 Å². The van der Waals surface area contributed by atoms with Gasteiger partial charge in [0.1, 0.15) is 11.5 Å². The van der Waals surface area contributed by atoms with E-state index in [1.54, 1.807) is 0 Å². The second-order valence-corrected chi connectivity index (χ2v) is 15.5. The number of benzene rings is 7. The van der Waals surface area contributed by atoms with Crippen LogP contribution in [-0.2, 0) is 11.8 Å². The summed E-state index contributed by atoms with van der Waals surface area (Å²) in [6.07, 6.45) is 14.6. The Kier molecular flexibility index (Phi) is 7.00. The minimum Gasteiger partial charge on any atom is -0.457 e. The summed E-state index contributed by atoms with van der Waals surface area (Å²) < 4.78 is 6.85. The fraction of sp³-hybridized carbons (Fsp3) is 0.0755. The Hall–Kier alpha value is -7.17. The van der Waals surface area contributed by atoms with E-state index in [1.165, 1.54) is 44.2 Å². The molecule has 0 amide bonds. The Bertz CT molecular complexity index is 3050. The van der Waals surface area contributed by atoms with E-state index in [2.05, 4.69) is 170 Å². The van der Waals surface area contributed by atoms with Gasteiger partial charge in [0.15, 0.2) is 17.5 Å². The van der Waals surface area contributed by atoms with Crippen LogP contribution in [-0.4, -0.2) is 15.0 Å². The van der Waals surface area contributed by atoms with Crippen molar-refractivity contribution >= 4 is 16.8 Å². The lowest BCUT2D eigenvalue weighted by Crippen LogP contribution is -2.37. The van der Waals surface area contributed by atoms with Gasteiger partial charge in [-0.2, -0.15) is 0 Å². The second kappa shape index (κ2) is 12.4. The largest absolute Gasteiger partial charge is 0.457 e. The summed E-state index contributed by atoms with van der Waals surface area (Å²) in [6, 6.07) is 54.1. The van der Waals surface area contributed by atoms with Crippen LogP contribution in [0.15, 0.2) is 182 Å². The fourth-order valence-corrected chi connectivity index (χ4v) is 10.0. The zero-order valence-electron chi connectivity index (χ0n) is 31.0. The number of ether oxygens (including phenoxy) is 1. The average molecular weight is 730 g/mol. The monoisotopic (exact) mass is 729 g/mol. The van der Waals surface area contributed by atoms with E-state index in [1.807, 2.05) is 18.2 Å². The van der Waals surface area contributed by atoms with Gasteiger partial charge in [0, 0.05) is 39.7 Å². The third kappa shape index (κ3) is 4.83. The molecule has 12 rings (SSSR count). The van der Waals surface area contributed by atoms with Crippen molar-refractivity contribution in [2.24, 2.45) is 5.92 Å². The third-order valence-corrected chi connectivity index (χ3v) is 12.4. The highest BCUT2D eigenvalue weighted by Crippen LogP contribution is 2.64. The number of hydrogen-bond donors (Lipinski definition) is 0. The first-order valence-corrected chi connectivity index (χ1v) is 19.7. The molecule has 8 aromatic rings. The van der Waals surface area contributed by atoms with Gasteiger partial charge < -0.3 is 4.74 Å². The summed E-state index contributed by atoms with van der Waals surface area (Å²) in [5.74, 6) is 4.25. The Labute approximate surface area is 331 Å². The van der Waals surface area contributed by atoms with E-state index < -0.39 is 0 Å². The van der Waals surface area contributed by atoms with Crippen LogP contribution in [0, 0.1) is 5.92 Å². The smallest absolute Gasteiger partial charge is 0.164 e. The Morgan fingerprint density at radius 1 is 0.509 bits per heavy atom. The maximum absolute atomic E-state index is 6.85. The van der Waals surface area contributed by atoms with Crippen molar-refractivity contribution in [3.63, 3.8) is 0 Å². The van der Waals surface area contributed by atoms with E-state index >= 15 is 0 Å². The van der Waals surface area contributed by atoms with Gasteiger partial charge in [0.2, 0.25) is 0 Å². The van der Waals surface area contributed by atoms with Crippen molar-refractivity contribution < 1.29 is 4.74 Å². The normalized spacial score (nSPS) is 19.2. The first-order valence-electron chi connectivity index (χ1n) is 19.7. The standard InChI is InChI=1S/C53H35N3O/c1-2-13-34(14-3-1)50-54-51(56-52(55-50)40-30-37-18-10-15-33-16-11-19-38(31-40)49(33)37)39-20-12-17-35(29-39)36-27-28-46-48(32-36)57-47-26-9-8-25-45(47)53(46)43-23-6-4-21-41(43)42-22-5-7-24-44(42)53/h1-15,17-32,41,43H,16H2. The molecule has 0 radical (unpaired) electrons. The van der Waals surface area contributed by atoms with Crippen molar-refractivity contribution in [3.8, 4) is 56.8 Å². The summed E-state index contributed by atoms with van der Waals surface area (Å²) in [6.45, 7) is 0. The summed E-state index contributed by atoms with van der Waals surface area (Å²) in [5.41, 5.74) is 12.3. The molecular weight excluding hydrogens is 695 g/mol. The van der Waals surface area contributed by atoms with Crippen LogP contribution >= 0.6 is 0 Å². The number of hydrogen-bond acceptors (Lipinski definition) is 4. The van der Waals surface area contributed by atoms with E-state index in [0.717, 1.165) is 45.7 Å². The summed E-state index contributed by atoms with van der Waals surface area (Å²) >= 11 is 0. The molecule has 0 saturated heterocycles. The Balaban J connectivity index is 0.994. The van der Waals surface area contributed by atoms with Gasteiger partial charge in [-0.3, -0.25) is 0 Å². The summed E-state index contributed by atoms with van der Waals surface area (Å²) in [5, 5.41) is 2.50. The van der Waals surface area contributed by atoms with E-state index in [9.17, 15) is 0 Å². The number of rotatable bonds is 4. The molecule has 3 unspecified atom stereocenters. The first kappa shape index (κ1) is 32.1. The molecule has 7 aromatic carbocycles. The minimum absolute atomic E-state index is 0.231. The lowest BCUT2D eigenvalue weighted by atomic mass is 9.62. The molecule has 0 bridgehead atoms. The molecule has 2 heterocycles. The molecule has 1 aliphatic heterocycles. The van der Waals surface area contributed by atoms with Crippen LogP contribution in [0.2, 0.25) is 0 Å². The van der Waals surface area contributed by atoms with Gasteiger partial charge in [0.05, 0.1) is 5.41 Å². The van der Waals surface area contributed by atoms with Crippen molar-refractivity contribution in [2.45, 2.75) is 17.8 Å². The lowest BCUT2D eigenvalue weighted by Gasteiger charge is -2.43. The molecule has 4 nitrogen and oxygen atoms in total. The third-order valence-electron chi connectivity index (χ3n) is 12.4. The molecule has 0 saturated carbocycles. The van der Waals surface area contributed by atoms with Crippen molar-refractivity contribution in [2.75, 3.05) is 0 Å². The highest BCUT2D eigenvalue weighted by molar-refractivity contribution is 5.98. The molecule has 1 aromatic heterocycles. The zero-order chi connectivity index (χ0) is 37.5. The first-order chi connectivity index (χ1) is 28.2. The molecule has 3 aliphatic carbocycles. The van der Waals surface area contributed by atoms with E-state index in [0.29, 0.717) is 23.4 Å². The van der Waals surface area contributed by atoms with Crippen LogP contribution in [0.5, 0.6) is 11.5 Å². The maximum Gasteiger partial charge on any atom is 0.164 e. The minimum atomic E-state index is -0.374. The molecule has 3 atom stereocenters. The van der Waals surface area contributed by atoms with Crippen LogP contribution < -0.4 is 4.74 Å².